The molecule has 0 aliphatic rings. The van der Waals surface area contributed by atoms with Gasteiger partial charge >= 0.3 is 0 Å². The predicted octanol–water partition coefficient (Wildman–Crippen LogP) is 4.68. The van der Waals surface area contributed by atoms with Gasteiger partial charge in [-0.25, -0.2) is 17.4 Å². The first-order valence-electron chi connectivity index (χ1n) is 10.5. The molecule has 1 aromatic heterocycles. The molecular weight excluding hydrogens is 526 g/mol. The van der Waals surface area contributed by atoms with Crippen molar-refractivity contribution in [2.24, 2.45) is 0 Å². The van der Waals surface area contributed by atoms with E-state index in [0.717, 1.165) is 15.7 Å². The number of imidazole rings is 1. The SMILES string of the molecule is COc1cc(NC(=O)CSc2nc3ccccc3n2S(=O)(=O)c2ccc(Cl)cc2)cc(OC)c1OC. The molecule has 1 heterocycles. The Morgan fingerprint density at radius 2 is 1.64 bits per heavy atom. The molecule has 4 aromatic rings. The molecule has 0 aliphatic carbocycles. The highest BCUT2D eigenvalue weighted by Gasteiger charge is 2.25. The molecule has 0 saturated carbocycles. The summed E-state index contributed by atoms with van der Waals surface area (Å²) < 4.78 is 44.1. The molecule has 0 aliphatic heterocycles. The number of methoxy groups -OCH3 is 3. The summed E-state index contributed by atoms with van der Waals surface area (Å²) in [7, 11) is 0.433. The van der Waals surface area contributed by atoms with Gasteiger partial charge in [-0.3, -0.25) is 4.79 Å². The maximum Gasteiger partial charge on any atom is 0.270 e. The minimum Gasteiger partial charge on any atom is -0.493 e. The van der Waals surface area contributed by atoms with Gasteiger partial charge in [0, 0.05) is 22.8 Å². The van der Waals surface area contributed by atoms with Crippen molar-refractivity contribution in [3.63, 3.8) is 0 Å². The number of benzene rings is 3. The van der Waals surface area contributed by atoms with Crippen LogP contribution in [-0.4, -0.2) is 50.4 Å². The van der Waals surface area contributed by atoms with Gasteiger partial charge in [-0.05, 0) is 36.4 Å². The van der Waals surface area contributed by atoms with E-state index in [1.165, 1.54) is 45.6 Å². The van der Waals surface area contributed by atoms with Gasteiger partial charge in [0.2, 0.25) is 11.7 Å². The molecule has 0 bridgehead atoms. The lowest BCUT2D eigenvalue weighted by molar-refractivity contribution is -0.113. The number of halogens is 1. The summed E-state index contributed by atoms with van der Waals surface area (Å²) >= 11 is 6.93. The number of anilines is 1. The largest absolute Gasteiger partial charge is 0.493 e. The molecule has 0 spiro atoms. The summed E-state index contributed by atoms with van der Waals surface area (Å²) in [6.45, 7) is 0. The second-order valence-electron chi connectivity index (χ2n) is 7.36. The highest BCUT2D eigenvalue weighted by atomic mass is 35.5. The summed E-state index contributed by atoms with van der Waals surface area (Å²) in [5.74, 6) is 0.687. The predicted molar refractivity (Wildman–Crippen MR) is 139 cm³/mol. The van der Waals surface area contributed by atoms with Gasteiger partial charge in [0.1, 0.15) is 0 Å². The van der Waals surface area contributed by atoms with Gasteiger partial charge in [0.25, 0.3) is 10.0 Å². The highest BCUT2D eigenvalue weighted by Crippen LogP contribution is 2.40. The molecule has 0 unspecified atom stereocenters. The second-order valence-corrected chi connectivity index (χ2v) is 10.5. The Bertz CT molecular complexity index is 1500. The van der Waals surface area contributed by atoms with E-state index in [1.807, 2.05) is 0 Å². The number of carbonyl (C=O) groups excluding carboxylic acids is 1. The molecule has 4 rings (SSSR count). The molecule has 0 saturated heterocycles. The van der Waals surface area contributed by atoms with E-state index >= 15 is 0 Å². The molecule has 1 amide bonds. The Morgan fingerprint density at radius 3 is 2.25 bits per heavy atom. The molecule has 0 radical (unpaired) electrons. The van der Waals surface area contributed by atoms with Crippen LogP contribution in [0.2, 0.25) is 5.02 Å². The molecule has 12 heteroatoms. The van der Waals surface area contributed by atoms with E-state index in [-0.39, 0.29) is 21.7 Å². The zero-order valence-corrected chi connectivity index (χ0v) is 21.9. The van der Waals surface area contributed by atoms with E-state index < -0.39 is 10.0 Å². The van der Waals surface area contributed by atoms with Crippen molar-refractivity contribution in [2.75, 3.05) is 32.4 Å². The van der Waals surface area contributed by atoms with Crippen molar-refractivity contribution in [1.29, 1.82) is 0 Å². The molecule has 3 aromatic carbocycles. The summed E-state index contributed by atoms with van der Waals surface area (Å²) in [6.07, 6.45) is 0. The van der Waals surface area contributed by atoms with Crippen molar-refractivity contribution in [3.8, 4) is 17.2 Å². The Morgan fingerprint density at radius 1 is 1.00 bits per heavy atom. The summed E-state index contributed by atoms with van der Waals surface area (Å²) in [5.41, 5.74) is 1.32. The van der Waals surface area contributed by atoms with E-state index in [2.05, 4.69) is 10.3 Å². The van der Waals surface area contributed by atoms with Crippen molar-refractivity contribution in [2.45, 2.75) is 10.1 Å². The van der Waals surface area contributed by atoms with Crippen LogP contribution in [0.1, 0.15) is 0 Å². The number of hydrogen-bond donors (Lipinski definition) is 1. The van der Waals surface area contributed by atoms with E-state index in [0.29, 0.717) is 39.0 Å². The van der Waals surface area contributed by atoms with E-state index in [9.17, 15) is 13.2 Å². The van der Waals surface area contributed by atoms with Gasteiger partial charge in [-0.15, -0.1) is 0 Å². The molecule has 9 nitrogen and oxygen atoms in total. The molecule has 1 N–H and O–H groups in total. The quantitative estimate of drug-likeness (QED) is 0.301. The normalized spacial score (nSPS) is 11.3. The smallest absolute Gasteiger partial charge is 0.270 e. The first-order valence-corrected chi connectivity index (χ1v) is 13.3. The number of para-hydroxylation sites is 2. The van der Waals surface area contributed by atoms with Crippen LogP contribution < -0.4 is 19.5 Å². The molecule has 0 atom stereocenters. The first-order chi connectivity index (χ1) is 17.3. The van der Waals surface area contributed by atoms with E-state index in [4.69, 9.17) is 25.8 Å². The average Bonchev–Trinajstić information content (AvgIpc) is 3.26. The fraction of sp³-hybridized carbons (Fsp3) is 0.167. The highest BCUT2D eigenvalue weighted by molar-refractivity contribution is 8.00. The monoisotopic (exact) mass is 547 g/mol. The third kappa shape index (κ3) is 5.08. The van der Waals surface area contributed by atoms with Crippen molar-refractivity contribution in [3.05, 3.63) is 65.7 Å². The number of aromatic nitrogens is 2. The zero-order chi connectivity index (χ0) is 25.9. The molecule has 188 valence electrons. The van der Waals surface area contributed by atoms with Crippen molar-refractivity contribution in [1.82, 2.24) is 8.96 Å². The molecule has 36 heavy (non-hydrogen) atoms. The lowest BCUT2D eigenvalue weighted by Gasteiger charge is -2.14. The standard InChI is InChI=1S/C24H22ClN3O6S2/c1-32-20-12-16(13-21(33-2)23(20)34-3)26-22(29)14-35-24-27-18-6-4-5-7-19(18)28(24)36(30,31)17-10-8-15(25)9-11-17/h4-13H,14H2,1-3H3,(H,26,29). The van der Waals surface area contributed by atoms with Gasteiger partial charge < -0.3 is 19.5 Å². The lowest BCUT2D eigenvalue weighted by Crippen LogP contribution is -2.17. The van der Waals surface area contributed by atoms with Crippen LogP contribution in [0.5, 0.6) is 17.2 Å². The van der Waals surface area contributed by atoms with Crippen LogP contribution >= 0.6 is 23.4 Å². The number of hydrogen-bond acceptors (Lipinski definition) is 8. The van der Waals surface area contributed by atoms with Crippen LogP contribution in [0.3, 0.4) is 0 Å². The molecular formula is C24H22ClN3O6S2. The number of nitrogens with one attached hydrogen (secondary N) is 1. The number of rotatable bonds is 9. The fourth-order valence-corrected chi connectivity index (χ4v) is 6.14. The third-order valence-electron chi connectivity index (χ3n) is 5.12. The Hall–Kier alpha value is -3.41. The number of amides is 1. The summed E-state index contributed by atoms with van der Waals surface area (Å²) in [5, 5.41) is 3.34. The maximum absolute atomic E-state index is 13.5. The average molecular weight is 548 g/mol. The van der Waals surface area contributed by atoms with Gasteiger partial charge in [-0.2, -0.15) is 0 Å². The summed E-state index contributed by atoms with van der Waals surface area (Å²) in [6, 6.07) is 15.9. The second kappa shape index (κ2) is 10.7. The number of carbonyl (C=O) groups is 1. The molecule has 0 fully saturated rings. The van der Waals surface area contributed by atoms with Crippen LogP contribution in [-0.2, 0) is 14.8 Å². The minimum absolute atomic E-state index is 0.0544. The van der Waals surface area contributed by atoms with Crippen molar-refractivity contribution < 1.29 is 27.4 Å². The zero-order valence-electron chi connectivity index (χ0n) is 19.5. The fourth-order valence-electron chi connectivity index (χ4n) is 3.50. The Kier molecular flexibility index (Phi) is 7.62. The number of fused-ring (bicyclic) bond motifs is 1. The van der Waals surface area contributed by atoms with Gasteiger partial charge in [-0.1, -0.05) is 35.5 Å². The van der Waals surface area contributed by atoms with Crippen LogP contribution in [0.15, 0.2) is 70.7 Å². The first kappa shape index (κ1) is 25.7. The topological polar surface area (TPSA) is 109 Å². The number of thioether (sulfide) groups is 1. The Labute approximate surface area is 217 Å². The van der Waals surface area contributed by atoms with Gasteiger partial charge in [0.15, 0.2) is 16.7 Å². The van der Waals surface area contributed by atoms with Gasteiger partial charge in [0.05, 0.1) is 43.0 Å². The van der Waals surface area contributed by atoms with Crippen LogP contribution in [0, 0.1) is 0 Å². The lowest BCUT2D eigenvalue weighted by atomic mass is 10.2. The van der Waals surface area contributed by atoms with E-state index in [1.54, 1.807) is 36.4 Å². The van der Waals surface area contributed by atoms with Crippen LogP contribution in [0.4, 0.5) is 5.69 Å². The van der Waals surface area contributed by atoms with Crippen LogP contribution in [0.25, 0.3) is 11.0 Å². The maximum atomic E-state index is 13.5. The summed E-state index contributed by atoms with van der Waals surface area (Å²) in [4.78, 5) is 17.3. The Balaban J connectivity index is 1.62. The number of nitrogens with zero attached hydrogens (tertiary/aromatic N) is 2. The third-order valence-corrected chi connectivity index (χ3v) is 8.15. The number of ether oxygens (including phenoxy) is 3. The minimum atomic E-state index is -4.01. The van der Waals surface area contributed by atoms with Crippen molar-refractivity contribution >= 4 is 56.0 Å².